The van der Waals surface area contributed by atoms with Gasteiger partial charge in [-0.2, -0.15) is 0 Å². The van der Waals surface area contributed by atoms with E-state index in [1.54, 1.807) is 11.3 Å². The minimum absolute atomic E-state index is 1.09. The summed E-state index contributed by atoms with van der Waals surface area (Å²) in [5.41, 5.74) is 4.90. The molecule has 1 nitrogen and oxygen atoms in total. The number of nitrogens with zero attached hydrogens (tertiary/aromatic N) is 1. The zero-order valence-corrected chi connectivity index (χ0v) is 10.7. The van der Waals surface area contributed by atoms with Crippen molar-refractivity contribution in [2.45, 2.75) is 13.8 Å². The predicted molar refractivity (Wildman–Crippen MR) is 74.5 cm³/mol. The second kappa shape index (κ2) is 3.97. The Morgan fingerprint density at radius 2 is 1.65 bits per heavy atom. The van der Waals surface area contributed by atoms with Gasteiger partial charge in [0.05, 0.1) is 10.2 Å². The first-order valence-electron chi connectivity index (χ1n) is 5.66. The van der Waals surface area contributed by atoms with Gasteiger partial charge in [-0.15, -0.1) is 11.3 Å². The molecule has 0 saturated carbocycles. The van der Waals surface area contributed by atoms with Crippen LogP contribution in [-0.4, -0.2) is 4.98 Å². The molecule has 0 spiro atoms. The fourth-order valence-corrected chi connectivity index (χ4v) is 3.05. The second-order valence-electron chi connectivity index (χ2n) is 4.36. The van der Waals surface area contributed by atoms with Crippen LogP contribution in [0.15, 0.2) is 42.5 Å². The molecule has 0 radical (unpaired) electrons. The summed E-state index contributed by atoms with van der Waals surface area (Å²) in [6, 6.07) is 14.9. The lowest BCUT2D eigenvalue weighted by atomic mass is 10.1. The summed E-state index contributed by atoms with van der Waals surface area (Å²) in [4.78, 5) is 4.68. The number of benzene rings is 2. The third-order valence-corrected chi connectivity index (χ3v) is 3.85. The first kappa shape index (κ1) is 10.5. The lowest BCUT2D eigenvalue weighted by Gasteiger charge is -2.00. The van der Waals surface area contributed by atoms with Crippen molar-refractivity contribution < 1.29 is 0 Å². The molecular weight excluding hydrogens is 226 g/mol. The van der Waals surface area contributed by atoms with Crippen molar-refractivity contribution in [3.05, 3.63) is 53.6 Å². The zero-order valence-electron chi connectivity index (χ0n) is 9.90. The van der Waals surface area contributed by atoms with E-state index < -0.39 is 0 Å². The second-order valence-corrected chi connectivity index (χ2v) is 5.39. The van der Waals surface area contributed by atoms with Gasteiger partial charge in [0, 0.05) is 5.56 Å². The Bertz CT molecular complexity index is 629. The van der Waals surface area contributed by atoms with Gasteiger partial charge in [0.25, 0.3) is 0 Å². The SMILES string of the molecule is Cc1cc(C)cc(-c2nc3ccccc3s2)c1. The number of hydrogen-bond donors (Lipinski definition) is 0. The topological polar surface area (TPSA) is 12.9 Å². The zero-order chi connectivity index (χ0) is 11.8. The lowest BCUT2D eigenvalue weighted by Crippen LogP contribution is -1.81. The van der Waals surface area contributed by atoms with Gasteiger partial charge in [-0.05, 0) is 38.1 Å². The first-order valence-corrected chi connectivity index (χ1v) is 6.48. The van der Waals surface area contributed by atoms with Crippen molar-refractivity contribution in [2.24, 2.45) is 0 Å². The van der Waals surface area contributed by atoms with E-state index >= 15 is 0 Å². The van der Waals surface area contributed by atoms with Gasteiger partial charge >= 0.3 is 0 Å². The molecule has 0 fully saturated rings. The Morgan fingerprint density at radius 3 is 2.35 bits per heavy atom. The maximum Gasteiger partial charge on any atom is 0.124 e. The van der Waals surface area contributed by atoms with Crippen LogP contribution in [0.1, 0.15) is 11.1 Å². The van der Waals surface area contributed by atoms with Crippen molar-refractivity contribution in [3.63, 3.8) is 0 Å². The lowest BCUT2D eigenvalue weighted by molar-refractivity contribution is 1.37. The largest absolute Gasteiger partial charge is 0.236 e. The van der Waals surface area contributed by atoms with Crippen LogP contribution in [0.5, 0.6) is 0 Å². The molecule has 0 bridgehead atoms. The maximum absolute atomic E-state index is 4.68. The average molecular weight is 239 g/mol. The van der Waals surface area contributed by atoms with Gasteiger partial charge in [0.2, 0.25) is 0 Å². The number of aromatic nitrogens is 1. The van der Waals surface area contributed by atoms with Crippen LogP contribution >= 0.6 is 11.3 Å². The minimum Gasteiger partial charge on any atom is -0.236 e. The summed E-state index contributed by atoms with van der Waals surface area (Å²) in [5.74, 6) is 0. The third-order valence-electron chi connectivity index (χ3n) is 2.76. The summed E-state index contributed by atoms with van der Waals surface area (Å²) >= 11 is 1.76. The van der Waals surface area contributed by atoms with Crippen molar-refractivity contribution in [2.75, 3.05) is 0 Å². The third kappa shape index (κ3) is 1.96. The van der Waals surface area contributed by atoms with Gasteiger partial charge in [-0.3, -0.25) is 0 Å². The van der Waals surface area contributed by atoms with Crippen molar-refractivity contribution in [3.8, 4) is 10.6 Å². The van der Waals surface area contributed by atoms with Crippen LogP contribution in [0.2, 0.25) is 0 Å². The minimum atomic E-state index is 1.09. The highest BCUT2D eigenvalue weighted by Crippen LogP contribution is 2.30. The number of rotatable bonds is 1. The van der Waals surface area contributed by atoms with Gasteiger partial charge in [0.1, 0.15) is 5.01 Å². The highest BCUT2D eigenvalue weighted by molar-refractivity contribution is 7.21. The van der Waals surface area contributed by atoms with Crippen LogP contribution in [0.25, 0.3) is 20.8 Å². The molecule has 1 aromatic heterocycles. The number of thiazole rings is 1. The maximum atomic E-state index is 4.68. The number of hydrogen-bond acceptors (Lipinski definition) is 2. The molecule has 1 heterocycles. The van der Waals surface area contributed by atoms with E-state index in [0.29, 0.717) is 0 Å². The van der Waals surface area contributed by atoms with Crippen LogP contribution in [0.3, 0.4) is 0 Å². The predicted octanol–water partition coefficient (Wildman–Crippen LogP) is 4.58. The Labute approximate surface area is 105 Å². The number of aryl methyl sites for hydroxylation is 2. The van der Waals surface area contributed by atoms with Gasteiger partial charge in [-0.25, -0.2) is 4.98 Å². The normalized spacial score (nSPS) is 10.9. The summed E-state index contributed by atoms with van der Waals surface area (Å²) in [7, 11) is 0. The Hall–Kier alpha value is -1.67. The Balaban J connectivity index is 2.20. The van der Waals surface area contributed by atoms with E-state index in [4.69, 9.17) is 0 Å². The van der Waals surface area contributed by atoms with Crippen LogP contribution in [0.4, 0.5) is 0 Å². The molecule has 2 heteroatoms. The summed E-state index contributed by atoms with van der Waals surface area (Å²) in [5, 5.41) is 1.11. The highest BCUT2D eigenvalue weighted by Gasteiger charge is 2.06. The molecule has 0 atom stereocenters. The molecule has 84 valence electrons. The van der Waals surface area contributed by atoms with E-state index in [9.17, 15) is 0 Å². The number of para-hydroxylation sites is 1. The average Bonchev–Trinajstić information content (AvgIpc) is 2.71. The molecule has 3 aromatic rings. The standard InChI is InChI=1S/C15H13NS/c1-10-7-11(2)9-12(8-10)15-16-13-5-3-4-6-14(13)17-15/h3-9H,1-2H3. The summed E-state index contributed by atoms with van der Waals surface area (Å²) in [6.07, 6.45) is 0. The van der Waals surface area contributed by atoms with Crippen molar-refractivity contribution >= 4 is 21.6 Å². The molecule has 2 aromatic carbocycles. The molecule has 3 rings (SSSR count). The van der Waals surface area contributed by atoms with Crippen LogP contribution in [-0.2, 0) is 0 Å². The van der Waals surface area contributed by atoms with E-state index in [2.05, 4.69) is 55.2 Å². The summed E-state index contributed by atoms with van der Waals surface area (Å²) < 4.78 is 1.25. The Morgan fingerprint density at radius 1 is 0.941 bits per heavy atom. The molecule has 0 aliphatic carbocycles. The van der Waals surface area contributed by atoms with Crippen molar-refractivity contribution in [1.29, 1.82) is 0 Å². The monoisotopic (exact) mass is 239 g/mol. The Kier molecular flexibility index (Phi) is 2.45. The van der Waals surface area contributed by atoms with E-state index in [0.717, 1.165) is 10.5 Å². The van der Waals surface area contributed by atoms with Crippen LogP contribution < -0.4 is 0 Å². The molecule has 0 saturated heterocycles. The molecular formula is C15H13NS. The molecule has 0 aliphatic rings. The molecule has 0 unspecified atom stereocenters. The van der Waals surface area contributed by atoms with Gasteiger partial charge in [0.15, 0.2) is 0 Å². The van der Waals surface area contributed by atoms with Crippen molar-refractivity contribution in [1.82, 2.24) is 4.98 Å². The van der Waals surface area contributed by atoms with Gasteiger partial charge < -0.3 is 0 Å². The van der Waals surface area contributed by atoms with E-state index in [-0.39, 0.29) is 0 Å². The molecule has 17 heavy (non-hydrogen) atoms. The molecule has 0 aliphatic heterocycles. The quantitative estimate of drug-likeness (QED) is 0.605. The highest BCUT2D eigenvalue weighted by atomic mass is 32.1. The van der Waals surface area contributed by atoms with E-state index in [1.165, 1.54) is 21.4 Å². The molecule has 0 amide bonds. The fourth-order valence-electron chi connectivity index (χ4n) is 2.09. The van der Waals surface area contributed by atoms with Gasteiger partial charge in [-0.1, -0.05) is 29.3 Å². The first-order chi connectivity index (χ1) is 8.22. The van der Waals surface area contributed by atoms with E-state index in [1.807, 2.05) is 6.07 Å². The summed E-state index contributed by atoms with van der Waals surface area (Å²) in [6.45, 7) is 4.26. The smallest absolute Gasteiger partial charge is 0.124 e. The van der Waals surface area contributed by atoms with Crippen LogP contribution in [0, 0.1) is 13.8 Å². The molecule has 0 N–H and O–H groups in total. The fraction of sp³-hybridized carbons (Fsp3) is 0.133. The number of fused-ring (bicyclic) bond motifs is 1.